The van der Waals surface area contributed by atoms with Crippen LogP contribution in [0.15, 0.2) is 47.1 Å². The van der Waals surface area contributed by atoms with Gasteiger partial charge >= 0.3 is 0 Å². The fourth-order valence-electron chi connectivity index (χ4n) is 3.51. The maximum Gasteiger partial charge on any atom is 0.261 e. The first-order chi connectivity index (χ1) is 13.7. The first-order valence-corrected chi connectivity index (χ1v) is 10.1. The van der Waals surface area contributed by atoms with E-state index in [0.29, 0.717) is 5.89 Å². The number of aryl methyl sites for hydroxylation is 1. The van der Waals surface area contributed by atoms with E-state index in [1.165, 1.54) is 5.56 Å². The van der Waals surface area contributed by atoms with Gasteiger partial charge in [0.25, 0.3) is 5.89 Å². The summed E-state index contributed by atoms with van der Waals surface area (Å²) in [5, 5.41) is 4.81. The van der Waals surface area contributed by atoms with Crippen LogP contribution >= 0.6 is 11.6 Å². The summed E-state index contributed by atoms with van der Waals surface area (Å²) in [5.41, 5.74) is 2.19. The first-order valence-electron chi connectivity index (χ1n) is 9.72. The van der Waals surface area contributed by atoms with Crippen molar-refractivity contribution in [2.75, 3.05) is 31.1 Å². The minimum atomic E-state index is 0.544. The molecular weight excluding hydrogens is 374 g/mol. The molecular formula is C21H24ClN5O. The second-order valence-corrected chi connectivity index (χ2v) is 7.42. The number of pyridine rings is 1. The molecule has 0 atom stereocenters. The van der Waals surface area contributed by atoms with Crippen molar-refractivity contribution in [2.24, 2.45) is 0 Å². The maximum absolute atomic E-state index is 6.00. The van der Waals surface area contributed by atoms with Gasteiger partial charge in [-0.05, 0) is 36.2 Å². The largest absolute Gasteiger partial charge is 0.355 e. The molecule has 0 amide bonds. The molecule has 3 heterocycles. The summed E-state index contributed by atoms with van der Waals surface area (Å²) in [6.07, 6.45) is 3.66. The van der Waals surface area contributed by atoms with Gasteiger partial charge in [-0.1, -0.05) is 35.8 Å². The maximum atomic E-state index is 6.00. The summed E-state index contributed by atoms with van der Waals surface area (Å²) in [4.78, 5) is 13.9. The summed E-state index contributed by atoms with van der Waals surface area (Å²) in [7, 11) is 0. The molecule has 0 unspecified atom stereocenters. The van der Waals surface area contributed by atoms with Crippen molar-refractivity contribution in [2.45, 2.75) is 26.3 Å². The van der Waals surface area contributed by atoms with Crippen LogP contribution in [0.2, 0.25) is 5.02 Å². The van der Waals surface area contributed by atoms with Crippen molar-refractivity contribution in [3.8, 4) is 11.5 Å². The topological polar surface area (TPSA) is 58.3 Å². The normalized spacial score (nSPS) is 15.6. The molecule has 0 radical (unpaired) electrons. The molecule has 6 nitrogen and oxygen atoms in total. The number of aromatic nitrogens is 3. The molecule has 0 spiro atoms. The van der Waals surface area contributed by atoms with Crippen LogP contribution in [0.25, 0.3) is 11.5 Å². The van der Waals surface area contributed by atoms with Crippen LogP contribution in [0.3, 0.4) is 0 Å². The second-order valence-electron chi connectivity index (χ2n) is 6.99. The van der Waals surface area contributed by atoms with Gasteiger partial charge in [0.2, 0.25) is 0 Å². The molecule has 7 heteroatoms. The summed E-state index contributed by atoms with van der Waals surface area (Å²) in [5.74, 6) is 2.18. The third-order valence-electron chi connectivity index (χ3n) is 5.01. The predicted octanol–water partition coefficient (Wildman–Crippen LogP) is 4.06. The Balaban J connectivity index is 1.48. The van der Waals surface area contributed by atoms with Gasteiger partial charge in [0.15, 0.2) is 5.82 Å². The van der Waals surface area contributed by atoms with Gasteiger partial charge in [0.1, 0.15) is 5.82 Å². The molecule has 1 aromatic carbocycles. The zero-order valence-corrected chi connectivity index (χ0v) is 16.8. The minimum absolute atomic E-state index is 0.544. The fourth-order valence-corrected chi connectivity index (χ4v) is 3.64. The molecule has 1 saturated heterocycles. The van der Waals surface area contributed by atoms with Crippen molar-refractivity contribution in [1.29, 1.82) is 0 Å². The number of halogens is 1. The Kier molecular flexibility index (Phi) is 5.88. The highest BCUT2D eigenvalue weighted by atomic mass is 35.5. The Morgan fingerprint density at radius 2 is 1.93 bits per heavy atom. The standard InChI is InChI=1S/C21H24ClN5O/c1-2-19-24-21(28-25-19)18-5-3-10-23-20(18)27-12-4-11-26(13-14-27)15-16-6-8-17(22)9-7-16/h3,5-10H,2,4,11-15H2,1H3. The van der Waals surface area contributed by atoms with Gasteiger partial charge in [-0.2, -0.15) is 4.98 Å². The van der Waals surface area contributed by atoms with Crippen molar-refractivity contribution < 1.29 is 4.52 Å². The highest BCUT2D eigenvalue weighted by Gasteiger charge is 2.21. The number of benzene rings is 1. The number of anilines is 1. The van der Waals surface area contributed by atoms with E-state index in [0.717, 1.165) is 67.8 Å². The SMILES string of the molecule is CCc1noc(-c2cccnc2N2CCCN(Cc3ccc(Cl)cc3)CC2)n1. The molecule has 0 saturated carbocycles. The van der Waals surface area contributed by atoms with E-state index in [-0.39, 0.29) is 0 Å². The van der Waals surface area contributed by atoms with Crippen LogP contribution in [0, 0.1) is 0 Å². The van der Waals surface area contributed by atoms with Crippen LogP contribution in [0.5, 0.6) is 0 Å². The highest BCUT2D eigenvalue weighted by molar-refractivity contribution is 6.30. The average Bonchev–Trinajstić information content (AvgIpc) is 3.09. The van der Waals surface area contributed by atoms with Gasteiger partial charge in [-0.25, -0.2) is 4.98 Å². The first kappa shape index (κ1) is 18.9. The van der Waals surface area contributed by atoms with Crippen LogP contribution < -0.4 is 4.90 Å². The van der Waals surface area contributed by atoms with E-state index in [4.69, 9.17) is 16.1 Å². The second kappa shape index (κ2) is 8.71. The van der Waals surface area contributed by atoms with Gasteiger partial charge in [0, 0.05) is 50.4 Å². The van der Waals surface area contributed by atoms with E-state index in [1.807, 2.05) is 37.4 Å². The van der Waals surface area contributed by atoms with E-state index in [1.54, 1.807) is 0 Å². The minimum Gasteiger partial charge on any atom is -0.355 e. The van der Waals surface area contributed by atoms with Crippen molar-refractivity contribution >= 4 is 17.4 Å². The Bertz CT molecular complexity index is 911. The molecule has 4 rings (SSSR count). The van der Waals surface area contributed by atoms with E-state index in [2.05, 4.69) is 37.1 Å². The Labute approximate surface area is 170 Å². The third kappa shape index (κ3) is 4.34. The van der Waals surface area contributed by atoms with Crippen molar-refractivity contribution in [3.05, 3.63) is 59.0 Å². The molecule has 1 aliphatic heterocycles. The number of hydrogen-bond acceptors (Lipinski definition) is 6. The molecule has 28 heavy (non-hydrogen) atoms. The molecule has 146 valence electrons. The van der Waals surface area contributed by atoms with Crippen molar-refractivity contribution in [3.63, 3.8) is 0 Å². The van der Waals surface area contributed by atoms with Gasteiger partial charge in [-0.15, -0.1) is 0 Å². The van der Waals surface area contributed by atoms with E-state index >= 15 is 0 Å². The van der Waals surface area contributed by atoms with Crippen LogP contribution in [0.4, 0.5) is 5.82 Å². The van der Waals surface area contributed by atoms with E-state index < -0.39 is 0 Å². The van der Waals surface area contributed by atoms with Crippen LogP contribution in [-0.2, 0) is 13.0 Å². The third-order valence-corrected chi connectivity index (χ3v) is 5.26. The van der Waals surface area contributed by atoms with Gasteiger partial charge < -0.3 is 9.42 Å². The highest BCUT2D eigenvalue weighted by Crippen LogP contribution is 2.28. The zero-order chi connectivity index (χ0) is 19.3. The average molecular weight is 398 g/mol. The summed E-state index contributed by atoms with van der Waals surface area (Å²) >= 11 is 6.00. The lowest BCUT2D eigenvalue weighted by Gasteiger charge is -2.24. The Morgan fingerprint density at radius 1 is 1.07 bits per heavy atom. The quantitative estimate of drug-likeness (QED) is 0.647. The fraction of sp³-hybridized carbons (Fsp3) is 0.381. The molecule has 0 bridgehead atoms. The Hall–Kier alpha value is -2.44. The monoisotopic (exact) mass is 397 g/mol. The number of nitrogens with zero attached hydrogens (tertiary/aromatic N) is 5. The van der Waals surface area contributed by atoms with Gasteiger partial charge in [-0.3, -0.25) is 4.90 Å². The van der Waals surface area contributed by atoms with Crippen LogP contribution in [0.1, 0.15) is 24.7 Å². The lowest BCUT2D eigenvalue weighted by atomic mass is 10.2. The van der Waals surface area contributed by atoms with Gasteiger partial charge in [0.05, 0.1) is 5.56 Å². The molecule has 2 aromatic heterocycles. The van der Waals surface area contributed by atoms with E-state index in [9.17, 15) is 0 Å². The molecule has 3 aromatic rings. The lowest BCUT2D eigenvalue weighted by Crippen LogP contribution is -2.31. The molecule has 0 aliphatic carbocycles. The molecule has 1 aliphatic rings. The zero-order valence-electron chi connectivity index (χ0n) is 16.0. The predicted molar refractivity (Wildman–Crippen MR) is 110 cm³/mol. The number of rotatable bonds is 5. The summed E-state index contributed by atoms with van der Waals surface area (Å²) in [6.45, 7) is 6.85. The molecule has 1 fully saturated rings. The lowest BCUT2D eigenvalue weighted by molar-refractivity contribution is 0.285. The smallest absolute Gasteiger partial charge is 0.261 e. The molecule has 0 N–H and O–H groups in total. The Morgan fingerprint density at radius 3 is 2.71 bits per heavy atom. The summed E-state index contributed by atoms with van der Waals surface area (Å²) < 4.78 is 5.47. The number of hydrogen-bond donors (Lipinski definition) is 0. The summed E-state index contributed by atoms with van der Waals surface area (Å²) in [6, 6.07) is 12.0. The van der Waals surface area contributed by atoms with Crippen molar-refractivity contribution in [1.82, 2.24) is 20.0 Å². The van der Waals surface area contributed by atoms with Crippen LogP contribution in [-0.4, -0.2) is 46.2 Å².